The van der Waals surface area contributed by atoms with Crippen LogP contribution in [0.5, 0.6) is 0 Å². The second-order valence-electron chi connectivity index (χ2n) is 5.73. The van der Waals surface area contributed by atoms with Crippen LogP contribution in [0.2, 0.25) is 5.02 Å². The van der Waals surface area contributed by atoms with E-state index in [2.05, 4.69) is 17.1 Å². The Morgan fingerprint density at radius 3 is 3.00 bits per heavy atom. The van der Waals surface area contributed by atoms with E-state index in [0.29, 0.717) is 28.9 Å². The van der Waals surface area contributed by atoms with E-state index in [9.17, 15) is 4.79 Å². The van der Waals surface area contributed by atoms with Gasteiger partial charge in [-0.2, -0.15) is 0 Å². The Morgan fingerprint density at radius 2 is 2.29 bits per heavy atom. The lowest BCUT2D eigenvalue weighted by molar-refractivity contribution is 0.0949. The van der Waals surface area contributed by atoms with E-state index in [1.54, 1.807) is 18.2 Å². The van der Waals surface area contributed by atoms with Crippen LogP contribution in [0.15, 0.2) is 18.2 Å². The van der Waals surface area contributed by atoms with Crippen molar-refractivity contribution in [2.24, 2.45) is 0 Å². The van der Waals surface area contributed by atoms with E-state index in [0.717, 1.165) is 13.0 Å². The molecule has 3 N–H and O–H groups in total. The number of nitrogens with two attached hydrogens (primary N) is 1. The summed E-state index contributed by atoms with van der Waals surface area (Å²) in [6.45, 7) is 5.17. The number of hydrogen-bond acceptors (Lipinski definition) is 3. The summed E-state index contributed by atoms with van der Waals surface area (Å²) in [5, 5.41) is 3.32. The Labute approximate surface area is 131 Å². The Morgan fingerprint density at radius 1 is 1.48 bits per heavy atom. The molecule has 2 rings (SSSR count). The van der Waals surface area contributed by atoms with Gasteiger partial charge in [-0.15, -0.1) is 0 Å². The number of piperidine rings is 1. The predicted molar refractivity (Wildman–Crippen MR) is 87.7 cm³/mol. The van der Waals surface area contributed by atoms with Crippen molar-refractivity contribution < 1.29 is 4.79 Å². The van der Waals surface area contributed by atoms with Crippen LogP contribution in [-0.2, 0) is 0 Å². The fourth-order valence-electron chi connectivity index (χ4n) is 2.78. The van der Waals surface area contributed by atoms with E-state index in [1.165, 1.54) is 25.8 Å². The van der Waals surface area contributed by atoms with E-state index >= 15 is 0 Å². The molecule has 0 bridgehead atoms. The summed E-state index contributed by atoms with van der Waals surface area (Å²) in [6.07, 6.45) is 4.87. The normalized spacial score (nSPS) is 19.4. The molecule has 5 heteroatoms. The minimum Gasteiger partial charge on any atom is -0.399 e. The number of carbonyl (C=O) groups is 1. The van der Waals surface area contributed by atoms with E-state index < -0.39 is 0 Å². The maximum absolute atomic E-state index is 12.0. The number of benzene rings is 1. The molecular weight excluding hydrogens is 286 g/mol. The number of nitrogens with zero attached hydrogens (tertiary/aromatic N) is 1. The molecule has 1 aliphatic rings. The van der Waals surface area contributed by atoms with Gasteiger partial charge >= 0.3 is 0 Å². The summed E-state index contributed by atoms with van der Waals surface area (Å²) in [4.78, 5) is 14.5. The molecule has 1 saturated heterocycles. The minimum atomic E-state index is -0.133. The first-order chi connectivity index (χ1) is 10.1. The maximum atomic E-state index is 12.0. The number of carbonyl (C=O) groups excluding carboxylic acids is 1. The molecule has 0 spiro atoms. The number of anilines is 1. The molecule has 1 fully saturated rings. The number of halogens is 1. The van der Waals surface area contributed by atoms with Gasteiger partial charge < -0.3 is 16.0 Å². The van der Waals surface area contributed by atoms with Crippen molar-refractivity contribution in [2.45, 2.75) is 38.6 Å². The van der Waals surface area contributed by atoms with Crippen molar-refractivity contribution in [1.82, 2.24) is 10.2 Å². The van der Waals surface area contributed by atoms with E-state index in [1.807, 2.05) is 0 Å². The van der Waals surface area contributed by atoms with Crippen LogP contribution < -0.4 is 11.1 Å². The summed E-state index contributed by atoms with van der Waals surface area (Å²) < 4.78 is 0. The van der Waals surface area contributed by atoms with Crippen LogP contribution >= 0.6 is 11.6 Å². The number of likely N-dealkylation sites (tertiary alicyclic amines) is 1. The molecule has 21 heavy (non-hydrogen) atoms. The van der Waals surface area contributed by atoms with Crippen LogP contribution in [0, 0.1) is 0 Å². The zero-order chi connectivity index (χ0) is 15.2. The summed E-state index contributed by atoms with van der Waals surface area (Å²) in [5.74, 6) is -0.133. The third-order valence-corrected chi connectivity index (χ3v) is 4.40. The first-order valence-electron chi connectivity index (χ1n) is 7.65. The van der Waals surface area contributed by atoms with Gasteiger partial charge in [0.25, 0.3) is 5.91 Å². The molecule has 1 atom stereocenters. The van der Waals surface area contributed by atoms with Crippen molar-refractivity contribution >= 4 is 23.2 Å². The highest BCUT2D eigenvalue weighted by atomic mass is 35.5. The number of rotatable bonds is 5. The molecule has 0 aliphatic carbocycles. The summed E-state index contributed by atoms with van der Waals surface area (Å²) in [5.41, 5.74) is 6.67. The highest BCUT2D eigenvalue weighted by molar-refractivity contribution is 6.34. The van der Waals surface area contributed by atoms with E-state index in [-0.39, 0.29) is 5.91 Å². The first-order valence-corrected chi connectivity index (χ1v) is 8.03. The van der Waals surface area contributed by atoms with Crippen molar-refractivity contribution in [1.29, 1.82) is 0 Å². The smallest absolute Gasteiger partial charge is 0.252 e. The molecule has 1 unspecified atom stereocenters. The van der Waals surface area contributed by atoms with Crippen LogP contribution in [0.3, 0.4) is 0 Å². The third-order valence-electron chi connectivity index (χ3n) is 4.09. The van der Waals surface area contributed by atoms with Crippen LogP contribution in [0.1, 0.15) is 43.0 Å². The second kappa shape index (κ2) is 7.66. The standard InChI is InChI=1S/C16H24ClN3O/c1-12-5-2-3-9-20(12)10-4-8-19-16(21)14-7-6-13(18)11-15(14)17/h6-7,11-12H,2-5,8-10,18H2,1H3,(H,19,21). The van der Waals surface area contributed by atoms with Crippen molar-refractivity contribution in [3.05, 3.63) is 28.8 Å². The Hall–Kier alpha value is -1.26. The van der Waals surface area contributed by atoms with Crippen LogP contribution in [0.25, 0.3) is 0 Å². The van der Waals surface area contributed by atoms with Gasteiger partial charge in [0.15, 0.2) is 0 Å². The minimum absolute atomic E-state index is 0.133. The average molecular weight is 310 g/mol. The second-order valence-corrected chi connectivity index (χ2v) is 6.14. The van der Waals surface area contributed by atoms with Crippen molar-refractivity contribution in [3.63, 3.8) is 0 Å². The number of hydrogen-bond donors (Lipinski definition) is 2. The molecule has 1 heterocycles. The maximum Gasteiger partial charge on any atom is 0.252 e. The molecular formula is C16H24ClN3O. The third kappa shape index (κ3) is 4.61. The lowest BCUT2D eigenvalue weighted by Crippen LogP contribution is -2.39. The lowest BCUT2D eigenvalue weighted by atomic mass is 10.0. The Bertz CT molecular complexity index is 492. The first kappa shape index (κ1) is 16.1. The van der Waals surface area contributed by atoms with Crippen LogP contribution in [-0.4, -0.2) is 36.5 Å². The van der Waals surface area contributed by atoms with Gasteiger partial charge in [0.05, 0.1) is 10.6 Å². The molecule has 1 aromatic carbocycles. The fourth-order valence-corrected chi connectivity index (χ4v) is 3.06. The van der Waals surface area contributed by atoms with Gasteiger partial charge in [-0.25, -0.2) is 0 Å². The number of nitrogens with one attached hydrogen (secondary N) is 1. The van der Waals surface area contributed by atoms with Gasteiger partial charge in [-0.1, -0.05) is 18.0 Å². The number of nitrogen functional groups attached to an aromatic ring is 1. The molecule has 1 aromatic rings. The van der Waals surface area contributed by atoms with Gasteiger partial charge in [0.2, 0.25) is 0 Å². The van der Waals surface area contributed by atoms with Gasteiger partial charge in [-0.3, -0.25) is 4.79 Å². The monoisotopic (exact) mass is 309 g/mol. The predicted octanol–water partition coefficient (Wildman–Crippen LogP) is 2.92. The fraction of sp³-hybridized carbons (Fsp3) is 0.562. The summed E-state index contributed by atoms with van der Waals surface area (Å²) >= 11 is 6.03. The highest BCUT2D eigenvalue weighted by Gasteiger charge is 2.17. The molecule has 0 saturated carbocycles. The molecule has 1 amide bonds. The van der Waals surface area contributed by atoms with Gasteiger partial charge in [0.1, 0.15) is 0 Å². The Balaban J connectivity index is 1.74. The quantitative estimate of drug-likeness (QED) is 0.649. The highest BCUT2D eigenvalue weighted by Crippen LogP contribution is 2.19. The summed E-state index contributed by atoms with van der Waals surface area (Å²) in [6, 6.07) is 5.63. The molecule has 4 nitrogen and oxygen atoms in total. The van der Waals surface area contributed by atoms with Crippen LogP contribution in [0.4, 0.5) is 5.69 Å². The average Bonchev–Trinajstić information content (AvgIpc) is 2.45. The van der Waals surface area contributed by atoms with Gasteiger partial charge in [0, 0.05) is 24.8 Å². The summed E-state index contributed by atoms with van der Waals surface area (Å²) in [7, 11) is 0. The number of amides is 1. The van der Waals surface area contributed by atoms with E-state index in [4.69, 9.17) is 17.3 Å². The molecule has 116 valence electrons. The largest absolute Gasteiger partial charge is 0.399 e. The van der Waals surface area contributed by atoms with Gasteiger partial charge in [-0.05, 0) is 50.9 Å². The van der Waals surface area contributed by atoms with Crippen molar-refractivity contribution in [2.75, 3.05) is 25.4 Å². The molecule has 0 radical (unpaired) electrons. The molecule has 0 aromatic heterocycles. The molecule has 1 aliphatic heterocycles. The topological polar surface area (TPSA) is 58.4 Å². The zero-order valence-electron chi connectivity index (χ0n) is 12.6. The SMILES string of the molecule is CC1CCCCN1CCCNC(=O)c1ccc(N)cc1Cl. The zero-order valence-corrected chi connectivity index (χ0v) is 13.3. The lowest BCUT2D eigenvalue weighted by Gasteiger charge is -2.33. The Kier molecular flexibility index (Phi) is 5.88. The van der Waals surface area contributed by atoms with Crippen molar-refractivity contribution in [3.8, 4) is 0 Å².